The second-order valence-corrected chi connectivity index (χ2v) is 11.3. The Morgan fingerprint density at radius 2 is 1.68 bits per heavy atom. The quantitative estimate of drug-likeness (QED) is 0.174. The third-order valence-corrected chi connectivity index (χ3v) is 8.18. The standard InChI is InChI=1S/C32H26Br2N2O/c33-24-12-8-21(9-13-24)20-37-31-17-14-25(34)18-23(31)19-35-26-15-10-22(11-16-26)32-29-6-3-5-27(29)28-4-1-2-7-30(28)36-32/h1-5,7-19,27,29,32,36H,6,20H2/t27-,29+,32+/m1/s1. The fourth-order valence-electron chi connectivity index (χ4n) is 5.28. The summed E-state index contributed by atoms with van der Waals surface area (Å²) < 4.78 is 8.18. The highest BCUT2D eigenvalue weighted by Crippen LogP contribution is 2.49. The number of fused-ring (bicyclic) bond motifs is 3. The molecule has 4 aromatic carbocycles. The first-order valence-electron chi connectivity index (χ1n) is 12.5. The lowest BCUT2D eigenvalue weighted by Crippen LogP contribution is -2.28. The van der Waals surface area contributed by atoms with Crippen molar-refractivity contribution in [3.63, 3.8) is 0 Å². The molecule has 0 unspecified atom stereocenters. The number of rotatable bonds is 6. The molecule has 1 N–H and O–H groups in total. The zero-order valence-corrected chi connectivity index (χ0v) is 23.3. The predicted octanol–water partition coefficient (Wildman–Crippen LogP) is 9.37. The molecule has 0 saturated carbocycles. The van der Waals surface area contributed by atoms with E-state index < -0.39 is 0 Å². The summed E-state index contributed by atoms with van der Waals surface area (Å²) in [5, 5.41) is 3.80. The lowest BCUT2D eigenvalue weighted by molar-refractivity contribution is 0.306. The Morgan fingerprint density at radius 3 is 2.51 bits per heavy atom. The summed E-state index contributed by atoms with van der Waals surface area (Å²) in [5.74, 6) is 1.82. The summed E-state index contributed by atoms with van der Waals surface area (Å²) in [5.41, 5.74) is 6.91. The van der Waals surface area contributed by atoms with Gasteiger partial charge in [-0.15, -0.1) is 0 Å². The summed E-state index contributed by atoms with van der Waals surface area (Å²) in [7, 11) is 0. The molecule has 6 rings (SSSR count). The molecule has 0 bridgehead atoms. The number of anilines is 1. The van der Waals surface area contributed by atoms with E-state index in [1.54, 1.807) is 0 Å². The van der Waals surface area contributed by atoms with Crippen molar-refractivity contribution in [2.45, 2.75) is 25.0 Å². The molecule has 3 nitrogen and oxygen atoms in total. The van der Waals surface area contributed by atoms with Gasteiger partial charge in [0.15, 0.2) is 0 Å². The van der Waals surface area contributed by atoms with Gasteiger partial charge in [0.05, 0.1) is 11.7 Å². The minimum absolute atomic E-state index is 0.289. The maximum absolute atomic E-state index is 6.13. The Kier molecular flexibility index (Phi) is 6.99. The van der Waals surface area contributed by atoms with Crippen molar-refractivity contribution >= 4 is 49.4 Å². The number of allylic oxidation sites excluding steroid dienone is 2. The van der Waals surface area contributed by atoms with Crippen LogP contribution >= 0.6 is 31.9 Å². The zero-order chi connectivity index (χ0) is 25.2. The van der Waals surface area contributed by atoms with Crippen LogP contribution in [0.3, 0.4) is 0 Å². The maximum atomic E-state index is 6.13. The van der Waals surface area contributed by atoms with Gasteiger partial charge in [0.2, 0.25) is 0 Å². The monoisotopic (exact) mass is 612 g/mol. The molecule has 2 aliphatic rings. The lowest BCUT2D eigenvalue weighted by Gasteiger charge is -2.37. The molecule has 184 valence electrons. The van der Waals surface area contributed by atoms with Crippen LogP contribution in [-0.2, 0) is 6.61 Å². The molecule has 1 aliphatic carbocycles. The predicted molar refractivity (Wildman–Crippen MR) is 159 cm³/mol. The third-order valence-electron chi connectivity index (χ3n) is 7.16. The number of hydrogen-bond donors (Lipinski definition) is 1. The van der Waals surface area contributed by atoms with Gasteiger partial charge < -0.3 is 10.1 Å². The molecule has 0 spiro atoms. The van der Waals surface area contributed by atoms with Crippen molar-refractivity contribution in [1.82, 2.24) is 0 Å². The number of halogens is 2. The first kappa shape index (κ1) is 24.2. The normalized spacial score (nSPS) is 19.9. The number of ether oxygens (including phenoxy) is 1. The van der Waals surface area contributed by atoms with Crippen LogP contribution in [0.4, 0.5) is 11.4 Å². The first-order valence-corrected chi connectivity index (χ1v) is 14.1. The van der Waals surface area contributed by atoms with Crippen molar-refractivity contribution in [2.24, 2.45) is 10.9 Å². The number of aliphatic imine (C=N–C) groups is 1. The van der Waals surface area contributed by atoms with Gasteiger partial charge in [-0.1, -0.05) is 86.5 Å². The van der Waals surface area contributed by atoms with Gasteiger partial charge in [-0.3, -0.25) is 4.99 Å². The Bertz CT molecular complexity index is 1460. The van der Waals surface area contributed by atoms with Crippen molar-refractivity contribution in [3.05, 3.63) is 134 Å². The number of hydrogen-bond acceptors (Lipinski definition) is 3. The highest BCUT2D eigenvalue weighted by molar-refractivity contribution is 9.10. The minimum atomic E-state index is 0.289. The van der Waals surface area contributed by atoms with Crippen molar-refractivity contribution in [1.29, 1.82) is 0 Å². The fraction of sp³-hybridized carbons (Fsp3) is 0.156. The minimum Gasteiger partial charge on any atom is -0.488 e. The van der Waals surface area contributed by atoms with Gasteiger partial charge in [-0.05, 0) is 77.6 Å². The van der Waals surface area contributed by atoms with E-state index in [1.165, 1.54) is 16.8 Å². The van der Waals surface area contributed by atoms with E-state index >= 15 is 0 Å². The van der Waals surface area contributed by atoms with E-state index in [0.29, 0.717) is 18.4 Å². The maximum Gasteiger partial charge on any atom is 0.128 e. The summed E-state index contributed by atoms with van der Waals surface area (Å²) in [6, 6.07) is 31.8. The molecule has 0 aromatic heterocycles. The Balaban J connectivity index is 1.18. The van der Waals surface area contributed by atoms with E-state index in [2.05, 4.69) is 110 Å². The Hall–Kier alpha value is -3.15. The second-order valence-electron chi connectivity index (χ2n) is 9.51. The molecule has 0 saturated heterocycles. The molecule has 5 heteroatoms. The van der Waals surface area contributed by atoms with E-state index in [9.17, 15) is 0 Å². The van der Waals surface area contributed by atoms with Crippen LogP contribution in [0.1, 0.15) is 40.6 Å². The Morgan fingerprint density at radius 1 is 0.892 bits per heavy atom. The van der Waals surface area contributed by atoms with Crippen LogP contribution < -0.4 is 10.1 Å². The van der Waals surface area contributed by atoms with Gasteiger partial charge >= 0.3 is 0 Å². The van der Waals surface area contributed by atoms with Crippen LogP contribution in [0, 0.1) is 5.92 Å². The average Bonchev–Trinajstić information content (AvgIpc) is 3.43. The SMILES string of the molecule is Brc1ccc(COc2ccc(Br)cc2C=Nc2ccc([C@@H]3Nc4ccccc4[C@H]4C=CC[C@@H]43)cc2)cc1. The molecule has 0 fully saturated rings. The summed E-state index contributed by atoms with van der Waals surface area (Å²) in [6.45, 7) is 0.499. The highest BCUT2D eigenvalue weighted by atomic mass is 79.9. The average molecular weight is 614 g/mol. The Labute approximate surface area is 234 Å². The first-order chi connectivity index (χ1) is 18.1. The van der Waals surface area contributed by atoms with Crippen LogP contribution in [0.2, 0.25) is 0 Å². The summed E-state index contributed by atoms with van der Waals surface area (Å²) >= 11 is 7.06. The van der Waals surface area contributed by atoms with Crippen molar-refractivity contribution < 1.29 is 4.74 Å². The molecule has 4 aromatic rings. The lowest BCUT2D eigenvalue weighted by atomic mass is 9.77. The smallest absolute Gasteiger partial charge is 0.128 e. The molecule has 0 amide bonds. The number of nitrogens with one attached hydrogen (secondary N) is 1. The molecule has 1 aliphatic heterocycles. The van der Waals surface area contributed by atoms with Gasteiger partial charge in [-0.25, -0.2) is 0 Å². The molecular weight excluding hydrogens is 588 g/mol. The number of nitrogens with zero attached hydrogens (tertiary/aromatic N) is 1. The molecule has 1 heterocycles. The zero-order valence-electron chi connectivity index (χ0n) is 20.1. The highest BCUT2D eigenvalue weighted by Gasteiger charge is 2.37. The third kappa shape index (κ3) is 5.29. The topological polar surface area (TPSA) is 33.6 Å². The van der Waals surface area contributed by atoms with Gasteiger partial charge in [0, 0.05) is 32.3 Å². The molecule has 3 atom stereocenters. The van der Waals surface area contributed by atoms with E-state index in [4.69, 9.17) is 9.73 Å². The summed E-state index contributed by atoms with van der Waals surface area (Å²) in [6.07, 6.45) is 7.69. The summed E-state index contributed by atoms with van der Waals surface area (Å²) in [4.78, 5) is 4.77. The van der Waals surface area contributed by atoms with Gasteiger partial charge in [-0.2, -0.15) is 0 Å². The second kappa shape index (κ2) is 10.7. The van der Waals surface area contributed by atoms with Gasteiger partial charge in [0.25, 0.3) is 0 Å². The van der Waals surface area contributed by atoms with E-state index in [1.807, 2.05) is 36.5 Å². The fourth-order valence-corrected chi connectivity index (χ4v) is 5.92. The van der Waals surface area contributed by atoms with E-state index in [0.717, 1.165) is 37.9 Å². The van der Waals surface area contributed by atoms with E-state index in [-0.39, 0.29) is 6.04 Å². The van der Waals surface area contributed by atoms with Crippen molar-refractivity contribution in [3.8, 4) is 5.75 Å². The molecule has 37 heavy (non-hydrogen) atoms. The molecular formula is C32H26Br2N2O. The molecule has 0 radical (unpaired) electrons. The van der Waals surface area contributed by atoms with Crippen molar-refractivity contribution in [2.75, 3.05) is 5.32 Å². The van der Waals surface area contributed by atoms with Crippen LogP contribution in [0.15, 0.2) is 117 Å². The van der Waals surface area contributed by atoms with Gasteiger partial charge in [0.1, 0.15) is 12.4 Å². The van der Waals surface area contributed by atoms with Crippen LogP contribution in [-0.4, -0.2) is 6.21 Å². The number of benzene rings is 4. The number of para-hydroxylation sites is 1. The largest absolute Gasteiger partial charge is 0.488 e. The van der Waals surface area contributed by atoms with Crippen LogP contribution in [0.5, 0.6) is 5.75 Å². The van der Waals surface area contributed by atoms with Crippen LogP contribution in [0.25, 0.3) is 0 Å².